The van der Waals surface area contributed by atoms with Crippen molar-refractivity contribution in [3.8, 4) is 0 Å². The molecule has 24 heavy (non-hydrogen) atoms. The minimum atomic E-state index is -0.0197. The van der Waals surface area contributed by atoms with Crippen LogP contribution in [0.3, 0.4) is 0 Å². The Morgan fingerprint density at radius 1 is 1.25 bits per heavy atom. The molecule has 0 amide bonds. The number of aromatic nitrogens is 4. The lowest BCUT2D eigenvalue weighted by atomic mass is 10.0. The van der Waals surface area contributed by atoms with E-state index in [0.29, 0.717) is 12.4 Å². The van der Waals surface area contributed by atoms with E-state index in [1.54, 1.807) is 4.52 Å². The summed E-state index contributed by atoms with van der Waals surface area (Å²) in [5.74, 6) is 1.52. The third-order valence-corrected chi connectivity index (χ3v) is 4.77. The molecule has 0 radical (unpaired) electrons. The second-order valence-corrected chi connectivity index (χ2v) is 6.46. The highest BCUT2D eigenvalue weighted by Crippen LogP contribution is 2.33. The molecule has 1 fully saturated rings. The van der Waals surface area contributed by atoms with Gasteiger partial charge in [-0.1, -0.05) is 23.7 Å². The Hall–Kier alpha value is -2.18. The number of aryl methyl sites for hydroxylation is 1. The van der Waals surface area contributed by atoms with Crippen LogP contribution in [0.5, 0.6) is 0 Å². The average molecular weight is 344 g/mol. The number of ether oxygens (including phenoxy) is 1. The highest BCUT2D eigenvalue weighted by atomic mass is 35.5. The summed E-state index contributed by atoms with van der Waals surface area (Å²) in [6.07, 6.45) is 2.42. The van der Waals surface area contributed by atoms with Crippen molar-refractivity contribution in [2.45, 2.75) is 32.4 Å². The Kier molecular flexibility index (Phi) is 3.86. The Balaban J connectivity index is 1.68. The van der Waals surface area contributed by atoms with Crippen LogP contribution in [0.25, 0.3) is 5.78 Å². The SMILES string of the molecule is Cc1nc2ncnn2c(N[C@H]2CCO[C@H]2c2ccc(Cl)cc2)c1C. The predicted octanol–water partition coefficient (Wildman–Crippen LogP) is 3.34. The highest BCUT2D eigenvalue weighted by Gasteiger charge is 2.31. The zero-order valence-corrected chi connectivity index (χ0v) is 14.3. The summed E-state index contributed by atoms with van der Waals surface area (Å²) in [6, 6.07) is 7.98. The summed E-state index contributed by atoms with van der Waals surface area (Å²) in [5.41, 5.74) is 3.13. The van der Waals surface area contributed by atoms with E-state index < -0.39 is 0 Å². The predicted molar refractivity (Wildman–Crippen MR) is 92.4 cm³/mol. The van der Waals surface area contributed by atoms with Crippen molar-refractivity contribution in [1.29, 1.82) is 0 Å². The van der Waals surface area contributed by atoms with Crippen LogP contribution in [-0.2, 0) is 4.74 Å². The molecular formula is C17H18ClN5O. The molecule has 3 heterocycles. The summed E-state index contributed by atoms with van der Waals surface area (Å²) >= 11 is 5.99. The Bertz CT molecular complexity index is 877. The first-order valence-corrected chi connectivity index (χ1v) is 8.32. The van der Waals surface area contributed by atoms with Crippen molar-refractivity contribution in [2.75, 3.05) is 11.9 Å². The van der Waals surface area contributed by atoms with Gasteiger partial charge in [-0.05, 0) is 38.0 Å². The standard InChI is InChI=1S/C17H18ClN5O/c1-10-11(2)21-17-19-9-20-23(17)16(10)22-14-7-8-24-15(14)12-3-5-13(18)6-4-12/h3-6,9,14-15,22H,7-8H2,1-2H3/t14-,15-/m0/s1. The summed E-state index contributed by atoms with van der Waals surface area (Å²) < 4.78 is 7.71. The maximum Gasteiger partial charge on any atom is 0.254 e. The van der Waals surface area contributed by atoms with Crippen molar-refractivity contribution in [1.82, 2.24) is 19.6 Å². The first-order valence-electron chi connectivity index (χ1n) is 7.94. The number of fused-ring (bicyclic) bond motifs is 1. The van der Waals surface area contributed by atoms with Gasteiger partial charge in [0.2, 0.25) is 0 Å². The minimum absolute atomic E-state index is 0.0197. The van der Waals surface area contributed by atoms with Crippen LogP contribution in [0.1, 0.15) is 29.3 Å². The molecule has 124 valence electrons. The Labute approximate surface area is 144 Å². The second-order valence-electron chi connectivity index (χ2n) is 6.03. The monoisotopic (exact) mass is 343 g/mol. The fourth-order valence-electron chi connectivity index (χ4n) is 3.10. The highest BCUT2D eigenvalue weighted by molar-refractivity contribution is 6.30. The van der Waals surface area contributed by atoms with Crippen LogP contribution in [-0.4, -0.2) is 32.2 Å². The van der Waals surface area contributed by atoms with Gasteiger partial charge in [-0.2, -0.15) is 14.6 Å². The lowest BCUT2D eigenvalue weighted by Crippen LogP contribution is -2.25. The quantitative estimate of drug-likeness (QED) is 0.790. The van der Waals surface area contributed by atoms with Crippen LogP contribution in [0.15, 0.2) is 30.6 Å². The molecule has 0 spiro atoms. The molecule has 1 aliphatic rings. The zero-order valence-electron chi connectivity index (χ0n) is 13.5. The van der Waals surface area contributed by atoms with Crippen LogP contribution in [0, 0.1) is 13.8 Å². The molecule has 0 saturated carbocycles. The van der Waals surface area contributed by atoms with Crippen molar-refractivity contribution < 1.29 is 4.74 Å². The van der Waals surface area contributed by atoms with E-state index in [1.165, 1.54) is 6.33 Å². The van der Waals surface area contributed by atoms with Crippen LogP contribution in [0.2, 0.25) is 5.02 Å². The fraction of sp³-hybridized carbons (Fsp3) is 0.353. The minimum Gasteiger partial charge on any atom is -0.371 e. The van der Waals surface area contributed by atoms with Gasteiger partial charge < -0.3 is 10.1 Å². The molecule has 1 saturated heterocycles. The van der Waals surface area contributed by atoms with E-state index in [1.807, 2.05) is 38.1 Å². The van der Waals surface area contributed by atoms with Gasteiger partial charge in [-0.3, -0.25) is 0 Å². The third-order valence-electron chi connectivity index (χ3n) is 4.52. The maximum absolute atomic E-state index is 5.99. The number of benzene rings is 1. The number of nitrogens with one attached hydrogen (secondary N) is 1. The first kappa shape index (κ1) is 15.4. The Morgan fingerprint density at radius 2 is 2.04 bits per heavy atom. The van der Waals surface area contributed by atoms with E-state index in [0.717, 1.165) is 34.1 Å². The van der Waals surface area contributed by atoms with Gasteiger partial charge in [0.25, 0.3) is 5.78 Å². The van der Waals surface area contributed by atoms with E-state index in [9.17, 15) is 0 Å². The number of halogens is 1. The summed E-state index contributed by atoms with van der Waals surface area (Å²) in [5, 5.41) is 8.63. The van der Waals surface area contributed by atoms with E-state index in [-0.39, 0.29) is 12.1 Å². The van der Waals surface area contributed by atoms with Gasteiger partial charge in [-0.15, -0.1) is 0 Å². The van der Waals surface area contributed by atoms with Gasteiger partial charge in [0.05, 0.1) is 6.04 Å². The molecule has 2 atom stereocenters. The fourth-order valence-corrected chi connectivity index (χ4v) is 3.22. The van der Waals surface area contributed by atoms with Crippen molar-refractivity contribution in [2.24, 2.45) is 0 Å². The maximum atomic E-state index is 5.99. The second kappa shape index (κ2) is 6.03. The smallest absolute Gasteiger partial charge is 0.254 e. The molecule has 1 aromatic carbocycles. The number of anilines is 1. The topological polar surface area (TPSA) is 64.3 Å². The summed E-state index contributed by atoms with van der Waals surface area (Å²) in [7, 11) is 0. The van der Waals surface area contributed by atoms with Crippen molar-refractivity contribution >= 4 is 23.2 Å². The van der Waals surface area contributed by atoms with E-state index in [2.05, 4.69) is 20.4 Å². The lowest BCUT2D eigenvalue weighted by molar-refractivity contribution is 0.107. The first-order chi connectivity index (χ1) is 11.6. The summed E-state index contributed by atoms with van der Waals surface area (Å²) in [6.45, 7) is 4.74. The van der Waals surface area contributed by atoms with Crippen LogP contribution in [0.4, 0.5) is 5.82 Å². The molecular weight excluding hydrogens is 326 g/mol. The van der Waals surface area contributed by atoms with Gasteiger partial charge in [0.1, 0.15) is 18.2 Å². The molecule has 6 nitrogen and oxygen atoms in total. The number of nitrogens with zero attached hydrogens (tertiary/aromatic N) is 4. The molecule has 0 unspecified atom stereocenters. The van der Waals surface area contributed by atoms with Gasteiger partial charge >= 0.3 is 0 Å². The van der Waals surface area contributed by atoms with Crippen LogP contribution < -0.4 is 5.32 Å². The normalized spacial score (nSPS) is 20.6. The molecule has 7 heteroatoms. The third kappa shape index (κ3) is 2.61. The van der Waals surface area contributed by atoms with Crippen molar-refractivity contribution in [3.63, 3.8) is 0 Å². The van der Waals surface area contributed by atoms with Gasteiger partial charge in [-0.25, -0.2) is 4.98 Å². The molecule has 0 aliphatic carbocycles. The molecule has 0 bridgehead atoms. The Morgan fingerprint density at radius 3 is 2.83 bits per heavy atom. The molecule has 3 aromatic rings. The lowest BCUT2D eigenvalue weighted by Gasteiger charge is -2.23. The van der Waals surface area contributed by atoms with E-state index in [4.69, 9.17) is 16.3 Å². The molecule has 2 aromatic heterocycles. The summed E-state index contributed by atoms with van der Waals surface area (Å²) in [4.78, 5) is 8.66. The number of rotatable bonds is 3. The average Bonchev–Trinajstić information content (AvgIpc) is 3.21. The van der Waals surface area contributed by atoms with Crippen molar-refractivity contribution in [3.05, 3.63) is 52.4 Å². The molecule has 1 N–H and O–H groups in total. The zero-order chi connectivity index (χ0) is 16.7. The van der Waals surface area contributed by atoms with Gasteiger partial charge in [0, 0.05) is 22.9 Å². The van der Waals surface area contributed by atoms with Gasteiger partial charge in [0.15, 0.2) is 0 Å². The number of hydrogen-bond acceptors (Lipinski definition) is 5. The van der Waals surface area contributed by atoms with Crippen LogP contribution >= 0.6 is 11.6 Å². The van der Waals surface area contributed by atoms with E-state index >= 15 is 0 Å². The largest absolute Gasteiger partial charge is 0.371 e. The molecule has 1 aliphatic heterocycles. The molecule has 4 rings (SSSR count). The number of hydrogen-bond donors (Lipinski definition) is 1.